The van der Waals surface area contributed by atoms with Crippen LogP contribution in [0.4, 0.5) is 17.3 Å². The second kappa shape index (κ2) is 9.05. The third-order valence-corrected chi connectivity index (χ3v) is 10.7. The molecule has 0 spiro atoms. The summed E-state index contributed by atoms with van der Waals surface area (Å²) in [7, 11) is -7.52. The Kier molecular flexibility index (Phi) is 5.94. The molecule has 1 aromatic heterocycles. The van der Waals surface area contributed by atoms with Gasteiger partial charge in [-0.3, -0.25) is 0 Å². The van der Waals surface area contributed by atoms with Gasteiger partial charge in [-0.15, -0.1) is 0 Å². The zero-order chi connectivity index (χ0) is 25.8. The van der Waals surface area contributed by atoms with Crippen molar-refractivity contribution in [1.82, 2.24) is 14.3 Å². The second-order valence-electron chi connectivity index (χ2n) is 8.84. The highest BCUT2D eigenvalue weighted by molar-refractivity contribution is 9.10. The molecule has 1 fully saturated rings. The third kappa shape index (κ3) is 4.17. The summed E-state index contributed by atoms with van der Waals surface area (Å²) in [4.78, 5) is 11.5. The van der Waals surface area contributed by atoms with Gasteiger partial charge in [0.25, 0.3) is 10.0 Å². The van der Waals surface area contributed by atoms with Gasteiger partial charge in [-0.1, -0.05) is 28.1 Å². The Labute approximate surface area is 223 Å². The van der Waals surface area contributed by atoms with Gasteiger partial charge >= 0.3 is 0 Å². The van der Waals surface area contributed by atoms with E-state index in [9.17, 15) is 16.8 Å². The molecule has 0 atom stereocenters. The molecule has 4 aromatic rings. The number of para-hydroxylation sites is 2. The average molecular weight is 601 g/mol. The lowest BCUT2D eigenvalue weighted by molar-refractivity contribution is 0.477. The molecular weight excluding hydrogens is 578 g/mol. The van der Waals surface area contributed by atoms with Crippen LogP contribution in [0.2, 0.25) is 0 Å². The van der Waals surface area contributed by atoms with Crippen LogP contribution in [-0.2, 0) is 20.0 Å². The van der Waals surface area contributed by atoms with Gasteiger partial charge < -0.3 is 4.90 Å². The molecule has 2 aliphatic heterocycles. The van der Waals surface area contributed by atoms with Crippen molar-refractivity contribution in [3.05, 3.63) is 77.3 Å². The molecule has 190 valence electrons. The van der Waals surface area contributed by atoms with Crippen molar-refractivity contribution >= 4 is 64.3 Å². The highest BCUT2D eigenvalue weighted by atomic mass is 79.9. The number of anilines is 3. The van der Waals surface area contributed by atoms with Gasteiger partial charge in [0.1, 0.15) is 6.67 Å². The molecule has 0 amide bonds. The molecule has 3 heterocycles. The number of fused-ring (bicyclic) bond motifs is 2. The third-order valence-electron chi connectivity index (χ3n) is 6.55. The van der Waals surface area contributed by atoms with Crippen molar-refractivity contribution < 1.29 is 16.8 Å². The van der Waals surface area contributed by atoms with E-state index in [2.05, 4.69) is 20.9 Å². The lowest BCUT2D eigenvalue weighted by Gasteiger charge is -2.21. The van der Waals surface area contributed by atoms with Gasteiger partial charge in [0, 0.05) is 23.2 Å². The van der Waals surface area contributed by atoms with Gasteiger partial charge in [0.2, 0.25) is 10.0 Å². The molecular formula is C25H22BrN5O4S2. The molecule has 9 nitrogen and oxygen atoms in total. The molecule has 1 saturated heterocycles. The van der Waals surface area contributed by atoms with Crippen LogP contribution >= 0.6 is 15.9 Å². The summed E-state index contributed by atoms with van der Waals surface area (Å²) in [5.41, 5.74) is 1.81. The molecule has 2 aliphatic rings. The molecule has 0 saturated carbocycles. The van der Waals surface area contributed by atoms with E-state index in [4.69, 9.17) is 4.98 Å². The summed E-state index contributed by atoms with van der Waals surface area (Å²) in [5, 5.41) is 0. The van der Waals surface area contributed by atoms with Crippen LogP contribution in [-0.4, -0.2) is 50.9 Å². The maximum Gasteiger partial charge on any atom is 0.267 e. The highest BCUT2D eigenvalue weighted by Gasteiger charge is 2.39. The minimum Gasteiger partial charge on any atom is -0.304 e. The Bertz CT molecular complexity index is 1710. The minimum atomic E-state index is -3.96. The number of benzene rings is 3. The van der Waals surface area contributed by atoms with Crippen molar-refractivity contribution in [2.45, 2.75) is 22.6 Å². The molecule has 12 heteroatoms. The first-order valence-corrected chi connectivity index (χ1v) is 15.4. The summed E-state index contributed by atoms with van der Waals surface area (Å²) in [6.07, 6.45) is 1.72. The summed E-state index contributed by atoms with van der Waals surface area (Å²) >= 11 is 3.35. The molecule has 0 N–H and O–H groups in total. The van der Waals surface area contributed by atoms with Gasteiger partial charge in [0.15, 0.2) is 11.6 Å². The number of hydrogen-bond acceptors (Lipinski definition) is 7. The van der Waals surface area contributed by atoms with Crippen molar-refractivity contribution in [3.63, 3.8) is 0 Å². The predicted octanol–water partition coefficient (Wildman–Crippen LogP) is 4.48. The van der Waals surface area contributed by atoms with Crippen molar-refractivity contribution in [2.75, 3.05) is 29.0 Å². The maximum atomic E-state index is 13.7. The van der Waals surface area contributed by atoms with Gasteiger partial charge in [-0.2, -0.15) is 4.31 Å². The van der Waals surface area contributed by atoms with Crippen molar-refractivity contribution in [1.29, 1.82) is 0 Å². The topological polar surface area (TPSA) is 104 Å². The van der Waals surface area contributed by atoms with Gasteiger partial charge in [-0.25, -0.2) is 31.1 Å². The fraction of sp³-hybridized carbons (Fsp3) is 0.200. The molecule has 0 aliphatic carbocycles. The Balaban J connectivity index is 1.43. The molecule has 0 unspecified atom stereocenters. The van der Waals surface area contributed by atoms with Crippen LogP contribution in [0.15, 0.2) is 87.1 Å². The van der Waals surface area contributed by atoms with Crippen LogP contribution in [0.5, 0.6) is 0 Å². The van der Waals surface area contributed by atoms with E-state index in [0.29, 0.717) is 35.6 Å². The second-order valence-corrected chi connectivity index (χ2v) is 13.6. The minimum absolute atomic E-state index is 0.0533. The summed E-state index contributed by atoms with van der Waals surface area (Å²) in [5.74, 6) is 0.602. The van der Waals surface area contributed by atoms with E-state index in [-0.39, 0.29) is 22.3 Å². The Morgan fingerprint density at radius 2 is 1.22 bits per heavy atom. The molecule has 37 heavy (non-hydrogen) atoms. The summed E-state index contributed by atoms with van der Waals surface area (Å²) in [6, 6.07) is 20.2. The lowest BCUT2D eigenvalue weighted by atomic mass is 10.3. The van der Waals surface area contributed by atoms with Crippen LogP contribution in [0.3, 0.4) is 0 Å². The fourth-order valence-corrected chi connectivity index (χ4v) is 7.73. The predicted molar refractivity (Wildman–Crippen MR) is 145 cm³/mol. The van der Waals surface area contributed by atoms with E-state index in [1.165, 1.54) is 20.7 Å². The SMILES string of the molecule is O=S(=O)(c1ccc(N2CN(S(=O)(=O)c3ccc(Br)cc3)c3nc4ccccc4nc32)cc1)N1CCCC1. The Morgan fingerprint density at radius 3 is 1.84 bits per heavy atom. The van der Waals surface area contributed by atoms with E-state index in [0.717, 1.165) is 17.3 Å². The van der Waals surface area contributed by atoms with E-state index >= 15 is 0 Å². The average Bonchev–Trinajstić information content (AvgIpc) is 3.57. The Hall–Kier alpha value is -3.06. The number of halogens is 1. The van der Waals surface area contributed by atoms with Crippen molar-refractivity contribution in [2.24, 2.45) is 0 Å². The molecule has 3 aromatic carbocycles. The molecule has 0 radical (unpaired) electrons. The maximum absolute atomic E-state index is 13.7. The smallest absolute Gasteiger partial charge is 0.267 e. The van der Waals surface area contributed by atoms with E-state index in [1.54, 1.807) is 47.4 Å². The highest BCUT2D eigenvalue weighted by Crippen LogP contribution is 2.42. The quantitative estimate of drug-likeness (QED) is 0.333. The van der Waals surface area contributed by atoms with Crippen LogP contribution in [0.25, 0.3) is 11.0 Å². The largest absolute Gasteiger partial charge is 0.304 e. The lowest BCUT2D eigenvalue weighted by Crippen LogP contribution is -2.34. The molecule has 6 rings (SSSR count). The zero-order valence-electron chi connectivity index (χ0n) is 19.5. The van der Waals surface area contributed by atoms with Gasteiger partial charge in [-0.05, 0) is 73.5 Å². The van der Waals surface area contributed by atoms with Crippen LogP contribution in [0, 0.1) is 0 Å². The van der Waals surface area contributed by atoms with Crippen LogP contribution < -0.4 is 9.21 Å². The monoisotopic (exact) mass is 599 g/mol. The number of nitrogens with zero attached hydrogens (tertiary/aromatic N) is 5. The number of sulfonamides is 2. The first kappa shape index (κ1) is 24.3. The molecule has 0 bridgehead atoms. The first-order chi connectivity index (χ1) is 17.7. The van der Waals surface area contributed by atoms with Crippen LogP contribution in [0.1, 0.15) is 12.8 Å². The first-order valence-electron chi connectivity index (χ1n) is 11.7. The Morgan fingerprint density at radius 1 is 0.676 bits per heavy atom. The standard InChI is InChI=1S/C25H22BrN5O4S2/c26-18-7-11-21(12-8-18)37(34,35)31-17-30(24-25(31)28-23-6-2-1-5-22(23)27-24)19-9-13-20(14-10-19)36(32,33)29-15-3-4-16-29/h1-2,5-14H,3-4,15-17H2. The number of hydrogen-bond donors (Lipinski definition) is 0. The van der Waals surface area contributed by atoms with Gasteiger partial charge in [0.05, 0.1) is 20.8 Å². The zero-order valence-corrected chi connectivity index (χ0v) is 22.7. The normalized spacial score (nSPS) is 16.5. The fourth-order valence-electron chi connectivity index (χ4n) is 4.60. The number of aromatic nitrogens is 2. The van der Waals surface area contributed by atoms with E-state index in [1.807, 2.05) is 18.2 Å². The summed E-state index contributed by atoms with van der Waals surface area (Å²) in [6.45, 7) is 0.993. The van der Waals surface area contributed by atoms with E-state index < -0.39 is 20.0 Å². The summed E-state index contributed by atoms with van der Waals surface area (Å²) < 4.78 is 56.8. The van der Waals surface area contributed by atoms with Crippen molar-refractivity contribution in [3.8, 4) is 0 Å². The number of rotatable bonds is 5.